The molecule has 1 atom stereocenters. The van der Waals surface area contributed by atoms with E-state index in [0.717, 1.165) is 25.9 Å². The summed E-state index contributed by atoms with van der Waals surface area (Å²) in [6.07, 6.45) is 6.10. The zero-order chi connectivity index (χ0) is 11.3. The van der Waals surface area contributed by atoms with Crippen molar-refractivity contribution >= 4 is 11.6 Å². The zero-order valence-corrected chi connectivity index (χ0v) is 10.5. The second-order valence-electron chi connectivity index (χ2n) is 4.14. The third-order valence-electron chi connectivity index (χ3n) is 2.45. The smallest absolute Gasteiger partial charge is 0.0522 e. The molecule has 0 saturated carbocycles. The second-order valence-corrected chi connectivity index (χ2v) is 4.89. The van der Waals surface area contributed by atoms with E-state index in [1.54, 1.807) is 0 Å². The maximum Gasteiger partial charge on any atom is 0.0522 e. The molecule has 0 radical (unpaired) electrons. The summed E-state index contributed by atoms with van der Waals surface area (Å²) >= 11 is 5.90. The van der Waals surface area contributed by atoms with Gasteiger partial charge in [0.1, 0.15) is 0 Å². The summed E-state index contributed by atoms with van der Waals surface area (Å²) in [5.41, 5.74) is 1.29. The number of rotatable bonds is 6. The number of likely N-dealkylation sites (N-methyl/N-ethyl adjacent to an activating group) is 1. The molecular weight excluding hydrogens is 210 g/mol. The Morgan fingerprint density at radius 3 is 2.80 bits per heavy atom. The predicted octanol–water partition coefficient (Wildman–Crippen LogP) is 1.91. The van der Waals surface area contributed by atoms with Crippen molar-refractivity contribution in [3.05, 3.63) is 18.0 Å². The first-order valence-electron chi connectivity index (χ1n) is 5.38. The van der Waals surface area contributed by atoms with E-state index in [1.807, 2.05) is 24.9 Å². The Labute approximate surface area is 97.0 Å². The Morgan fingerprint density at radius 2 is 2.27 bits per heavy atom. The topological polar surface area (TPSA) is 21.1 Å². The Hall–Kier alpha value is -0.540. The summed E-state index contributed by atoms with van der Waals surface area (Å²) in [7, 11) is 4.08. The third-order valence-corrected chi connectivity index (χ3v) is 2.67. The second kappa shape index (κ2) is 6.13. The number of aromatic nitrogens is 2. The van der Waals surface area contributed by atoms with Gasteiger partial charge in [-0.2, -0.15) is 5.10 Å². The van der Waals surface area contributed by atoms with E-state index in [2.05, 4.69) is 23.2 Å². The van der Waals surface area contributed by atoms with Gasteiger partial charge >= 0.3 is 0 Å². The Balaban J connectivity index is 2.19. The van der Waals surface area contributed by atoms with Gasteiger partial charge in [-0.3, -0.25) is 4.68 Å². The lowest BCUT2D eigenvalue weighted by molar-refractivity contribution is 0.333. The molecule has 0 amide bonds. The van der Waals surface area contributed by atoms with E-state index in [0.29, 0.717) is 0 Å². The summed E-state index contributed by atoms with van der Waals surface area (Å²) in [6, 6.07) is 0. The van der Waals surface area contributed by atoms with Crippen LogP contribution in [-0.2, 0) is 13.5 Å². The molecule has 0 aliphatic heterocycles. The Bertz CT molecular complexity index is 283. The van der Waals surface area contributed by atoms with Crippen LogP contribution in [0.4, 0.5) is 0 Å². The van der Waals surface area contributed by atoms with Gasteiger partial charge in [-0.1, -0.05) is 0 Å². The highest BCUT2D eigenvalue weighted by Crippen LogP contribution is 2.03. The summed E-state index contributed by atoms with van der Waals surface area (Å²) in [4.78, 5) is 2.31. The largest absolute Gasteiger partial charge is 0.306 e. The van der Waals surface area contributed by atoms with Crippen molar-refractivity contribution in [2.75, 3.05) is 20.1 Å². The van der Waals surface area contributed by atoms with E-state index >= 15 is 0 Å². The molecule has 0 aliphatic carbocycles. The normalized spacial score (nSPS) is 13.4. The number of alkyl halides is 1. The highest BCUT2D eigenvalue weighted by molar-refractivity contribution is 6.20. The Kier molecular flexibility index (Phi) is 5.12. The lowest BCUT2D eigenvalue weighted by Crippen LogP contribution is -2.23. The van der Waals surface area contributed by atoms with Crippen LogP contribution in [-0.4, -0.2) is 40.2 Å². The minimum Gasteiger partial charge on any atom is -0.306 e. The molecule has 1 heterocycles. The number of nitrogens with zero attached hydrogens (tertiary/aromatic N) is 3. The van der Waals surface area contributed by atoms with Gasteiger partial charge in [0.25, 0.3) is 0 Å². The van der Waals surface area contributed by atoms with Crippen LogP contribution in [0, 0.1) is 0 Å². The van der Waals surface area contributed by atoms with Crippen LogP contribution in [0.1, 0.15) is 18.9 Å². The number of hydrogen-bond donors (Lipinski definition) is 0. The average Bonchev–Trinajstić information content (AvgIpc) is 2.58. The van der Waals surface area contributed by atoms with Crippen molar-refractivity contribution in [2.24, 2.45) is 7.05 Å². The molecule has 0 bridgehead atoms. The van der Waals surface area contributed by atoms with E-state index < -0.39 is 0 Å². The van der Waals surface area contributed by atoms with Crippen LogP contribution in [0.2, 0.25) is 0 Å². The van der Waals surface area contributed by atoms with E-state index in [9.17, 15) is 0 Å². The van der Waals surface area contributed by atoms with Crippen molar-refractivity contribution in [2.45, 2.75) is 25.1 Å². The van der Waals surface area contributed by atoms with Crippen molar-refractivity contribution in [3.8, 4) is 0 Å². The fourth-order valence-electron chi connectivity index (χ4n) is 1.43. The molecule has 0 N–H and O–H groups in total. The molecule has 1 aromatic heterocycles. The maximum atomic E-state index is 5.90. The molecule has 0 aliphatic rings. The Morgan fingerprint density at radius 1 is 1.53 bits per heavy atom. The first-order valence-corrected chi connectivity index (χ1v) is 5.81. The van der Waals surface area contributed by atoms with E-state index in [4.69, 9.17) is 11.6 Å². The fourth-order valence-corrected chi connectivity index (χ4v) is 1.53. The van der Waals surface area contributed by atoms with Gasteiger partial charge in [-0.05, 0) is 38.9 Å². The van der Waals surface area contributed by atoms with Gasteiger partial charge in [-0.25, -0.2) is 0 Å². The molecular formula is C11H20ClN3. The molecule has 4 heteroatoms. The average molecular weight is 230 g/mol. The predicted molar refractivity (Wildman–Crippen MR) is 64.3 cm³/mol. The van der Waals surface area contributed by atoms with Gasteiger partial charge in [0, 0.05) is 25.2 Å². The van der Waals surface area contributed by atoms with Crippen molar-refractivity contribution in [1.29, 1.82) is 0 Å². The summed E-state index contributed by atoms with van der Waals surface area (Å²) in [5.74, 6) is 0. The molecule has 1 aromatic rings. The molecule has 15 heavy (non-hydrogen) atoms. The SMILES string of the molecule is CC(Cl)CCN(C)CCc1cnn(C)c1. The minimum absolute atomic E-state index is 0.269. The number of hydrogen-bond acceptors (Lipinski definition) is 2. The molecule has 0 fully saturated rings. The molecule has 0 saturated heterocycles. The number of aryl methyl sites for hydroxylation is 1. The zero-order valence-electron chi connectivity index (χ0n) is 9.78. The van der Waals surface area contributed by atoms with E-state index in [1.165, 1.54) is 5.56 Å². The highest BCUT2D eigenvalue weighted by atomic mass is 35.5. The van der Waals surface area contributed by atoms with Crippen molar-refractivity contribution in [1.82, 2.24) is 14.7 Å². The van der Waals surface area contributed by atoms with Gasteiger partial charge in [0.2, 0.25) is 0 Å². The first kappa shape index (κ1) is 12.5. The summed E-state index contributed by atoms with van der Waals surface area (Å²) in [5, 5.41) is 4.42. The number of halogens is 1. The fraction of sp³-hybridized carbons (Fsp3) is 0.727. The van der Waals surface area contributed by atoms with Crippen molar-refractivity contribution in [3.63, 3.8) is 0 Å². The van der Waals surface area contributed by atoms with Crippen LogP contribution in [0.15, 0.2) is 12.4 Å². The van der Waals surface area contributed by atoms with Gasteiger partial charge in [-0.15, -0.1) is 11.6 Å². The molecule has 3 nitrogen and oxygen atoms in total. The summed E-state index contributed by atoms with van der Waals surface area (Å²) in [6.45, 7) is 4.16. The third kappa shape index (κ3) is 5.19. The lowest BCUT2D eigenvalue weighted by Gasteiger charge is -2.16. The van der Waals surface area contributed by atoms with Crippen LogP contribution in [0.5, 0.6) is 0 Å². The van der Waals surface area contributed by atoms with Crippen LogP contribution in [0.3, 0.4) is 0 Å². The lowest BCUT2D eigenvalue weighted by atomic mass is 10.2. The van der Waals surface area contributed by atoms with Crippen LogP contribution in [0.25, 0.3) is 0 Å². The highest BCUT2D eigenvalue weighted by Gasteiger charge is 2.03. The standard InChI is InChI=1S/C11H20ClN3/c1-10(12)4-6-14(2)7-5-11-8-13-15(3)9-11/h8-10H,4-7H2,1-3H3. The maximum absolute atomic E-state index is 5.90. The first-order chi connectivity index (χ1) is 7.08. The van der Waals surface area contributed by atoms with Gasteiger partial charge in [0.05, 0.1) is 6.20 Å². The van der Waals surface area contributed by atoms with Gasteiger partial charge < -0.3 is 4.90 Å². The van der Waals surface area contributed by atoms with Crippen LogP contribution < -0.4 is 0 Å². The van der Waals surface area contributed by atoms with Crippen LogP contribution >= 0.6 is 11.6 Å². The molecule has 1 unspecified atom stereocenters. The van der Waals surface area contributed by atoms with Crippen molar-refractivity contribution < 1.29 is 0 Å². The molecule has 1 rings (SSSR count). The minimum atomic E-state index is 0.269. The van der Waals surface area contributed by atoms with Gasteiger partial charge in [0.15, 0.2) is 0 Å². The molecule has 86 valence electrons. The monoisotopic (exact) mass is 229 g/mol. The molecule has 0 spiro atoms. The molecule has 0 aromatic carbocycles. The summed E-state index contributed by atoms with van der Waals surface area (Å²) < 4.78 is 1.84. The quantitative estimate of drug-likeness (QED) is 0.695. The van der Waals surface area contributed by atoms with E-state index in [-0.39, 0.29) is 5.38 Å².